The molecule has 0 aromatic carbocycles. The van der Waals surface area contributed by atoms with Gasteiger partial charge in [0.2, 0.25) is 3.79 Å². The van der Waals surface area contributed by atoms with Gasteiger partial charge < -0.3 is 10.4 Å². The van der Waals surface area contributed by atoms with E-state index >= 15 is 0 Å². The molecule has 0 aromatic rings. The molecule has 5 heteroatoms. The number of nitrogens with one attached hydrogen (secondary N) is 1. The molecule has 2 N–H and O–H groups in total. The normalized spacial score (nSPS) is 25.1. The van der Waals surface area contributed by atoms with E-state index in [4.69, 9.17) is 34.8 Å². The van der Waals surface area contributed by atoms with E-state index in [1.165, 1.54) is 0 Å². The predicted octanol–water partition coefficient (Wildman–Crippen LogP) is 1.47. The van der Waals surface area contributed by atoms with Crippen molar-refractivity contribution in [2.24, 2.45) is 0 Å². The van der Waals surface area contributed by atoms with Crippen molar-refractivity contribution in [1.29, 1.82) is 0 Å². The summed E-state index contributed by atoms with van der Waals surface area (Å²) in [7, 11) is 0. The van der Waals surface area contributed by atoms with E-state index < -0.39 is 9.39 Å². The number of alkyl halides is 3. The van der Waals surface area contributed by atoms with Crippen LogP contribution in [0.1, 0.15) is 12.8 Å². The van der Waals surface area contributed by atoms with Crippen molar-refractivity contribution >= 4 is 34.8 Å². The third-order valence-electron chi connectivity index (χ3n) is 1.96. The van der Waals surface area contributed by atoms with Crippen molar-refractivity contribution in [3.05, 3.63) is 0 Å². The van der Waals surface area contributed by atoms with Gasteiger partial charge in [-0.05, 0) is 25.9 Å². The van der Waals surface area contributed by atoms with Crippen molar-refractivity contribution in [3.8, 4) is 0 Å². The molecule has 2 nitrogen and oxygen atoms in total. The molecule has 1 aliphatic heterocycles. The summed E-state index contributed by atoms with van der Waals surface area (Å²) in [6, 6.07) is 0. The number of rotatable bonds is 0. The van der Waals surface area contributed by atoms with Gasteiger partial charge in [0.1, 0.15) is 5.60 Å². The largest absolute Gasteiger partial charge is 0.385 e. The Morgan fingerprint density at radius 1 is 1.18 bits per heavy atom. The molecule has 1 aliphatic rings. The molecule has 66 valence electrons. The number of hydrogen-bond acceptors (Lipinski definition) is 2. The molecule has 0 unspecified atom stereocenters. The molecule has 0 aliphatic carbocycles. The summed E-state index contributed by atoms with van der Waals surface area (Å²) < 4.78 is -1.56. The molecule has 1 rings (SSSR count). The van der Waals surface area contributed by atoms with E-state index in [0.29, 0.717) is 25.9 Å². The lowest BCUT2D eigenvalue weighted by molar-refractivity contribution is 0.0141. The van der Waals surface area contributed by atoms with E-state index in [1.54, 1.807) is 0 Å². The lowest BCUT2D eigenvalue weighted by Gasteiger charge is -2.37. The van der Waals surface area contributed by atoms with E-state index in [0.717, 1.165) is 0 Å². The minimum Gasteiger partial charge on any atom is -0.385 e. The van der Waals surface area contributed by atoms with Crippen LogP contribution in [0.15, 0.2) is 0 Å². The molecule has 0 amide bonds. The van der Waals surface area contributed by atoms with Gasteiger partial charge in [0.15, 0.2) is 0 Å². The van der Waals surface area contributed by atoms with Crippen molar-refractivity contribution in [1.82, 2.24) is 5.32 Å². The molecule has 11 heavy (non-hydrogen) atoms. The monoisotopic (exact) mass is 217 g/mol. The van der Waals surface area contributed by atoms with Crippen molar-refractivity contribution in [2.45, 2.75) is 22.2 Å². The van der Waals surface area contributed by atoms with E-state index in [2.05, 4.69) is 5.32 Å². The maximum absolute atomic E-state index is 9.77. The smallest absolute Gasteiger partial charge is 0.218 e. The Balaban J connectivity index is 2.64. The first-order chi connectivity index (χ1) is 4.96. The molecule has 0 spiro atoms. The van der Waals surface area contributed by atoms with Crippen molar-refractivity contribution < 1.29 is 5.11 Å². The molecule has 0 aromatic heterocycles. The molecule has 1 saturated heterocycles. The van der Waals surface area contributed by atoms with Crippen LogP contribution in [0.2, 0.25) is 0 Å². The third-order valence-corrected chi connectivity index (χ3v) is 3.01. The average molecular weight is 219 g/mol. The van der Waals surface area contributed by atoms with Crippen LogP contribution in [0.25, 0.3) is 0 Å². The lowest BCUT2D eigenvalue weighted by atomic mass is 9.94. The Morgan fingerprint density at radius 3 is 1.91 bits per heavy atom. The summed E-state index contributed by atoms with van der Waals surface area (Å²) in [5.41, 5.74) is -1.15. The van der Waals surface area contributed by atoms with Gasteiger partial charge in [0, 0.05) is 0 Å². The fourth-order valence-electron chi connectivity index (χ4n) is 1.12. The highest BCUT2D eigenvalue weighted by Crippen LogP contribution is 2.42. The molecular weight excluding hydrogens is 208 g/mol. The highest BCUT2D eigenvalue weighted by atomic mass is 35.6. The Kier molecular flexibility index (Phi) is 2.93. The molecule has 0 atom stereocenters. The number of halogens is 3. The zero-order valence-electron chi connectivity index (χ0n) is 5.91. The van der Waals surface area contributed by atoms with Crippen LogP contribution in [0.5, 0.6) is 0 Å². The molecule has 0 saturated carbocycles. The first kappa shape index (κ1) is 9.87. The minimum absolute atomic E-state index is 0.490. The second-order valence-electron chi connectivity index (χ2n) is 2.78. The fourth-order valence-corrected chi connectivity index (χ4v) is 1.69. The topological polar surface area (TPSA) is 32.3 Å². The van der Waals surface area contributed by atoms with Crippen LogP contribution in [-0.4, -0.2) is 27.6 Å². The van der Waals surface area contributed by atoms with Gasteiger partial charge in [-0.2, -0.15) is 0 Å². The third kappa shape index (κ3) is 2.13. The van der Waals surface area contributed by atoms with Gasteiger partial charge in [-0.3, -0.25) is 0 Å². The van der Waals surface area contributed by atoms with Crippen molar-refractivity contribution in [3.63, 3.8) is 0 Å². The predicted molar refractivity (Wildman–Crippen MR) is 47.3 cm³/mol. The summed E-state index contributed by atoms with van der Waals surface area (Å²) in [6.07, 6.45) is 0.979. The standard InChI is InChI=1S/C6H10Cl3NO/c7-6(8,9)5(11)1-3-10-4-2-5/h10-11H,1-4H2. The van der Waals surface area contributed by atoms with Gasteiger partial charge >= 0.3 is 0 Å². The van der Waals surface area contributed by atoms with Crippen LogP contribution in [-0.2, 0) is 0 Å². The van der Waals surface area contributed by atoms with Gasteiger partial charge in [-0.1, -0.05) is 34.8 Å². The van der Waals surface area contributed by atoms with Crippen LogP contribution < -0.4 is 5.32 Å². The number of piperidine rings is 1. The van der Waals surface area contributed by atoms with Crippen molar-refractivity contribution in [2.75, 3.05) is 13.1 Å². The maximum atomic E-state index is 9.77. The van der Waals surface area contributed by atoms with Gasteiger partial charge in [-0.25, -0.2) is 0 Å². The second-order valence-corrected chi connectivity index (χ2v) is 5.06. The Morgan fingerprint density at radius 2 is 1.64 bits per heavy atom. The Bertz CT molecular complexity index is 139. The average Bonchev–Trinajstić information content (AvgIpc) is 1.87. The highest BCUT2D eigenvalue weighted by molar-refractivity contribution is 6.68. The number of aliphatic hydroxyl groups is 1. The summed E-state index contributed by atoms with van der Waals surface area (Å²) >= 11 is 16.8. The maximum Gasteiger partial charge on any atom is 0.218 e. The zero-order valence-corrected chi connectivity index (χ0v) is 8.18. The lowest BCUT2D eigenvalue weighted by Crippen LogP contribution is -2.50. The quantitative estimate of drug-likeness (QED) is 0.604. The molecular formula is C6H10Cl3NO. The minimum atomic E-state index is -1.56. The molecule has 0 radical (unpaired) electrons. The SMILES string of the molecule is OC1(C(Cl)(Cl)Cl)CCNCC1. The van der Waals surface area contributed by atoms with E-state index in [1.807, 2.05) is 0 Å². The summed E-state index contributed by atoms with van der Waals surface area (Å²) in [4.78, 5) is 0. The summed E-state index contributed by atoms with van der Waals surface area (Å²) in [6.45, 7) is 1.40. The Labute approximate surface area is 80.8 Å². The Hall–Kier alpha value is 0.790. The van der Waals surface area contributed by atoms with Gasteiger partial charge in [0.25, 0.3) is 0 Å². The number of hydrogen-bond donors (Lipinski definition) is 2. The molecule has 0 bridgehead atoms. The van der Waals surface area contributed by atoms with Crippen LogP contribution >= 0.6 is 34.8 Å². The summed E-state index contributed by atoms with van der Waals surface area (Å²) in [5, 5.41) is 12.8. The van der Waals surface area contributed by atoms with Crippen LogP contribution in [0, 0.1) is 0 Å². The van der Waals surface area contributed by atoms with Gasteiger partial charge in [-0.15, -0.1) is 0 Å². The van der Waals surface area contributed by atoms with Gasteiger partial charge in [0.05, 0.1) is 0 Å². The second kappa shape index (κ2) is 3.27. The van der Waals surface area contributed by atoms with Crippen LogP contribution in [0.4, 0.5) is 0 Å². The first-order valence-corrected chi connectivity index (χ1v) is 4.59. The zero-order chi connectivity index (χ0) is 8.54. The highest BCUT2D eigenvalue weighted by Gasteiger charge is 2.47. The van der Waals surface area contributed by atoms with E-state index in [-0.39, 0.29) is 0 Å². The first-order valence-electron chi connectivity index (χ1n) is 3.45. The van der Waals surface area contributed by atoms with Crippen LogP contribution in [0.3, 0.4) is 0 Å². The molecule has 1 heterocycles. The van der Waals surface area contributed by atoms with E-state index in [9.17, 15) is 5.11 Å². The fraction of sp³-hybridized carbons (Fsp3) is 1.00. The summed E-state index contributed by atoms with van der Waals surface area (Å²) in [5.74, 6) is 0. The molecule has 1 fully saturated rings.